The van der Waals surface area contributed by atoms with Gasteiger partial charge in [-0.2, -0.15) is 0 Å². The van der Waals surface area contributed by atoms with Crippen molar-refractivity contribution in [2.24, 2.45) is 5.73 Å². The Morgan fingerprint density at radius 1 is 1.28 bits per heavy atom. The molecule has 0 amide bonds. The van der Waals surface area contributed by atoms with Gasteiger partial charge in [-0.3, -0.25) is 0 Å². The minimum absolute atomic E-state index is 0.0501. The molecule has 0 saturated heterocycles. The first-order valence-corrected chi connectivity index (χ1v) is 7.47. The van der Waals surface area contributed by atoms with E-state index < -0.39 is 0 Å². The molecule has 1 aliphatic heterocycles. The molecular weight excluding hydrogens is 310 g/mol. The van der Waals surface area contributed by atoms with Gasteiger partial charge in [0.15, 0.2) is 0 Å². The van der Waals surface area contributed by atoms with Crippen LogP contribution in [0.1, 0.15) is 32.5 Å². The summed E-state index contributed by atoms with van der Waals surface area (Å²) in [6.07, 6.45) is 0. The lowest BCUT2D eigenvalue weighted by atomic mass is 10.0. The molecule has 3 rings (SSSR count). The average Bonchev–Trinajstić information content (AvgIpc) is 2.95. The molecule has 2 N–H and O–H groups in total. The Morgan fingerprint density at radius 2 is 2.06 bits per heavy atom. The van der Waals surface area contributed by atoms with Crippen molar-refractivity contribution in [3.8, 4) is 0 Å². The van der Waals surface area contributed by atoms with E-state index in [-0.39, 0.29) is 6.04 Å². The van der Waals surface area contributed by atoms with Gasteiger partial charge in [0.2, 0.25) is 0 Å². The van der Waals surface area contributed by atoms with Crippen LogP contribution in [-0.4, -0.2) is 0 Å². The Labute approximate surface area is 119 Å². The molecule has 4 heteroatoms. The van der Waals surface area contributed by atoms with Crippen molar-refractivity contribution in [3.05, 3.63) is 55.2 Å². The first-order valence-electron chi connectivity index (χ1n) is 5.86. The maximum absolute atomic E-state index is 6.34. The predicted octanol–water partition coefficient (Wildman–Crippen LogP) is 3.90. The summed E-state index contributed by atoms with van der Waals surface area (Å²) in [6.45, 7) is 3.54. The fourth-order valence-corrected chi connectivity index (χ4v) is 3.78. The molecule has 2 aromatic rings. The second kappa shape index (κ2) is 4.78. The molecule has 0 spiro atoms. The third-order valence-electron chi connectivity index (χ3n) is 3.29. The molecule has 18 heavy (non-hydrogen) atoms. The number of hydrogen-bond donors (Lipinski definition) is 1. The van der Waals surface area contributed by atoms with Crippen molar-refractivity contribution in [2.75, 3.05) is 0 Å². The number of rotatable bonds is 2. The third-order valence-corrected chi connectivity index (χ3v) is 5.51. The van der Waals surface area contributed by atoms with E-state index in [1.54, 1.807) is 11.3 Å². The van der Waals surface area contributed by atoms with Crippen LogP contribution in [0.4, 0.5) is 0 Å². The number of ether oxygens (including phenoxy) is 1. The van der Waals surface area contributed by atoms with Gasteiger partial charge in [-0.25, -0.2) is 0 Å². The Kier molecular flexibility index (Phi) is 3.28. The molecule has 0 fully saturated rings. The van der Waals surface area contributed by atoms with Gasteiger partial charge in [0.25, 0.3) is 0 Å². The highest BCUT2D eigenvalue weighted by molar-refractivity contribution is 9.10. The minimum Gasteiger partial charge on any atom is -0.372 e. The van der Waals surface area contributed by atoms with E-state index >= 15 is 0 Å². The van der Waals surface area contributed by atoms with E-state index in [1.807, 2.05) is 0 Å². The highest BCUT2D eigenvalue weighted by Gasteiger charge is 2.17. The number of benzene rings is 1. The summed E-state index contributed by atoms with van der Waals surface area (Å²) in [5.74, 6) is 0. The molecular formula is C14H14BrNOS. The number of aryl methyl sites for hydroxylation is 1. The number of halogens is 1. The minimum atomic E-state index is -0.0501. The highest BCUT2D eigenvalue weighted by atomic mass is 79.9. The second-order valence-corrected chi connectivity index (χ2v) is 6.69. The normalized spacial score (nSPS) is 15.7. The molecule has 0 bridgehead atoms. The Balaban J connectivity index is 1.94. The topological polar surface area (TPSA) is 35.2 Å². The zero-order chi connectivity index (χ0) is 12.7. The quantitative estimate of drug-likeness (QED) is 0.909. The molecule has 2 heterocycles. The van der Waals surface area contributed by atoms with Crippen LogP contribution in [0, 0.1) is 6.92 Å². The fourth-order valence-electron chi connectivity index (χ4n) is 2.18. The van der Waals surface area contributed by atoms with Crippen LogP contribution in [0.25, 0.3) is 0 Å². The molecule has 2 nitrogen and oxygen atoms in total. The van der Waals surface area contributed by atoms with Gasteiger partial charge >= 0.3 is 0 Å². The van der Waals surface area contributed by atoms with Crippen molar-refractivity contribution in [1.82, 2.24) is 0 Å². The summed E-state index contributed by atoms with van der Waals surface area (Å²) in [5.41, 5.74) is 10.1. The fraction of sp³-hybridized carbons (Fsp3) is 0.286. The van der Waals surface area contributed by atoms with Crippen LogP contribution >= 0.6 is 27.3 Å². The van der Waals surface area contributed by atoms with Crippen molar-refractivity contribution in [2.45, 2.75) is 26.2 Å². The van der Waals surface area contributed by atoms with E-state index in [0.717, 1.165) is 16.6 Å². The molecule has 1 atom stereocenters. The Morgan fingerprint density at radius 3 is 2.78 bits per heavy atom. The van der Waals surface area contributed by atoms with Gasteiger partial charge in [-0.15, -0.1) is 11.3 Å². The van der Waals surface area contributed by atoms with Gasteiger partial charge in [0.1, 0.15) is 0 Å². The van der Waals surface area contributed by atoms with Crippen LogP contribution in [0.5, 0.6) is 0 Å². The second-order valence-electron chi connectivity index (χ2n) is 4.55. The maximum Gasteiger partial charge on any atom is 0.0725 e. The monoisotopic (exact) mass is 323 g/mol. The molecule has 1 unspecified atom stereocenters. The average molecular weight is 324 g/mol. The highest BCUT2D eigenvalue weighted by Crippen LogP contribution is 2.33. The van der Waals surface area contributed by atoms with Gasteiger partial charge in [-0.05, 0) is 45.6 Å². The molecule has 1 aromatic heterocycles. The molecule has 1 aliphatic rings. The third kappa shape index (κ3) is 2.14. The standard InChI is InChI=1S/C14H14BrNOS/c1-8-12(15)5-13(18-8)14(16)9-2-3-10-6-17-7-11(10)4-9/h2-5,14H,6-7,16H2,1H3. The molecule has 94 valence electrons. The summed E-state index contributed by atoms with van der Waals surface area (Å²) in [4.78, 5) is 2.46. The summed E-state index contributed by atoms with van der Waals surface area (Å²) >= 11 is 5.29. The van der Waals surface area contributed by atoms with E-state index in [0.29, 0.717) is 6.61 Å². The first kappa shape index (κ1) is 12.4. The largest absolute Gasteiger partial charge is 0.372 e. The summed E-state index contributed by atoms with van der Waals surface area (Å²) in [5, 5.41) is 0. The van der Waals surface area contributed by atoms with Gasteiger partial charge in [0.05, 0.1) is 19.3 Å². The number of fused-ring (bicyclic) bond motifs is 1. The van der Waals surface area contributed by atoms with Crippen LogP contribution in [0.2, 0.25) is 0 Å². The van der Waals surface area contributed by atoms with Crippen LogP contribution in [0.15, 0.2) is 28.7 Å². The summed E-state index contributed by atoms with van der Waals surface area (Å²) < 4.78 is 6.57. The van der Waals surface area contributed by atoms with Gasteiger partial charge in [0, 0.05) is 14.2 Å². The van der Waals surface area contributed by atoms with Crippen molar-refractivity contribution >= 4 is 27.3 Å². The van der Waals surface area contributed by atoms with E-state index in [1.165, 1.54) is 20.9 Å². The first-order chi connectivity index (χ1) is 8.65. The van der Waals surface area contributed by atoms with Crippen LogP contribution < -0.4 is 5.73 Å². The number of hydrogen-bond acceptors (Lipinski definition) is 3. The number of thiophene rings is 1. The van der Waals surface area contributed by atoms with Crippen molar-refractivity contribution in [3.63, 3.8) is 0 Å². The smallest absolute Gasteiger partial charge is 0.0725 e. The Bertz CT molecular complexity index is 574. The Hall–Kier alpha value is -0.680. The lowest BCUT2D eigenvalue weighted by Crippen LogP contribution is -2.10. The van der Waals surface area contributed by atoms with Crippen LogP contribution in [-0.2, 0) is 18.0 Å². The molecule has 0 aliphatic carbocycles. The predicted molar refractivity (Wildman–Crippen MR) is 77.7 cm³/mol. The van der Waals surface area contributed by atoms with Gasteiger partial charge < -0.3 is 10.5 Å². The molecule has 0 saturated carbocycles. The number of nitrogens with two attached hydrogens (primary N) is 1. The summed E-state index contributed by atoms with van der Waals surface area (Å²) in [6, 6.07) is 8.49. The van der Waals surface area contributed by atoms with Crippen molar-refractivity contribution < 1.29 is 4.74 Å². The van der Waals surface area contributed by atoms with Crippen molar-refractivity contribution in [1.29, 1.82) is 0 Å². The lowest BCUT2D eigenvalue weighted by Gasteiger charge is -2.11. The molecule has 0 radical (unpaired) electrons. The van der Waals surface area contributed by atoms with E-state index in [9.17, 15) is 0 Å². The molecule has 1 aromatic carbocycles. The zero-order valence-corrected chi connectivity index (χ0v) is 12.5. The van der Waals surface area contributed by atoms with E-state index in [4.69, 9.17) is 10.5 Å². The lowest BCUT2D eigenvalue weighted by molar-refractivity contribution is 0.134. The van der Waals surface area contributed by atoms with E-state index in [2.05, 4.69) is 47.1 Å². The SMILES string of the molecule is Cc1sc(C(N)c2ccc3c(c2)COC3)cc1Br. The van der Waals surface area contributed by atoms with Crippen LogP contribution in [0.3, 0.4) is 0 Å². The maximum atomic E-state index is 6.34. The zero-order valence-electron chi connectivity index (χ0n) is 10.1. The van der Waals surface area contributed by atoms with Gasteiger partial charge in [-0.1, -0.05) is 18.2 Å². The summed E-state index contributed by atoms with van der Waals surface area (Å²) in [7, 11) is 0.